The van der Waals surface area contributed by atoms with Crippen LogP contribution in [0.1, 0.15) is 5.69 Å². The van der Waals surface area contributed by atoms with Gasteiger partial charge in [-0.2, -0.15) is 4.98 Å². The fraction of sp³-hybridized carbons (Fsp3) is 0.0800. The average molecular weight is 476 g/mol. The highest BCUT2D eigenvalue weighted by molar-refractivity contribution is 5.99. The van der Waals surface area contributed by atoms with Crippen molar-refractivity contribution in [2.45, 2.75) is 6.92 Å². The van der Waals surface area contributed by atoms with Gasteiger partial charge in [-0.05, 0) is 67.6 Å². The third kappa shape index (κ3) is 6.41. The quantitative estimate of drug-likeness (QED) is 0.253. The fourth-order valence-corrected chi connectivity index (χ4v) is 3.14. The number of ether oxygens (including phenoxy) is 1. The lowest BCUT2D eigenvalue weighted by Crippen LogP contribution is -2.19. The zero-order chi connectivity index (χ0) is 24.8. The second-order valence-corrected chi connectivity index (χ2v) is 7.48. The summed E-state index contributed by atoms with van der Waals surface area (Å²) >= 11 is 0. The van der Waals surface area contributed by atoms with Gasteiger partial charge in [-0.3, -0.25) is 0 Å². The van der Waals surface area contributed by atoms with E-state index in [1.54, 1.807) is 31.4 Å². The predicted octanol–water partition coefficient (Wildman–Crippen LogP) is 6.20. The molecule has 0 aliphatic carbocycles. The molecule has 8 nitrogen and oxygen atoms in total. The van der Waals surface area contributed by atoms with Crippen LogP contribution in [0.4, 0.5) is 48.1 Å². The lowest BCUT2D eigenvalue weighted by Gasteiger charge is -2.11. The minimum Gasteiger partial charge on any atom is -0.497 e. The van der Waals surface area contributed by atoms with Gasteiger partial charge in [-0.1, -0.05) is 0 Å². The summed E-state index contributed by atoms with van der Waals surface area (Å²) in [4.78, 5) is 21.0. The maximum atomic E-state index is 13.3. The minimum atomic E-state index is -1.04. The number of carbonyl (C=O) groups excluding carboxylic acids is 1. The van der Waals surface area contributed by atoms with E-state index in [1.807, 2.05) is 37.3 Å². The molecule has 0 fully saturated rings. The number of halogens is 2. The smallest absolute Gasteiger partial charge is 0.323 e. The van der Waals surface area contributed by atoms with Gasteiger partial charge >= 0.3 is 6.03 Å². The van der Waals surface area contributed by atoms with Crippen molar-refractivity contribution in [3.05, 3.63) is 90.1 Å². The summed E-state index contributed by atoms with van der Waals surface area (Å²) in [5.74, 6) is -0.245. The molecular weight excluding hydrogens is 454 g/mol. The van der Waals surface area contributed by atoms with Crippen molar-refractivity contribution in [3.63, 3.8) is 0 Å². The van der Waals surface area contributed by atoms with Gasteiger partial charge in [0, 0.05) is 40.6 Å². The summed E-state index contributed by atoms with van der Waals surface area (Å²) in [5, 5.41) is 11.4. The molecule has 4 rings (SSSR count). The van der Waals surface area contributed by atoms with Crippen molar-refractivity contribution in [2.24, 2.45) is 0 Å². The van der Waals surface area contributed by atoms with Crippen LogP contribution in [0.5, 0.6) is 5.75 Å². The highest BCUT2D eigenvalue weighted by atomic mass is 19.2. The van der Waals surface area contributed by atoms with E-state index in [9.17, 15) is 13.6 Å². The molecule has 0 atom stereocenters. The van der Waals surface area contributed by atoms with Crippen molar-refractivity contribution in [2.75, 3.05) is 28.4 Å². The third-order valence-corrected chi connectivity index (χ3v) is 4.79. The Kier molecular flexibility index (Phi) is 7.01. The summed E-state index contributed by atoms with van der Waals surface area (Å²) in [5.41, 5.74) is 2.97. The third-order valence-electron chi connectivity index (χ3n) is 4.79. The largest absolute Gasteiger partial charge is 0.497 e. The molecule has 0 aliphatic heterocycles. The Balaban J connectivity index is 1.37. The second kappa shape index (κ2) is 10.5. The Hall–Kier alpha value is -4.73. The number of nitrogens with zero attached hydrogens (tertiary/aromatic N) is 2. The normalized spacial score (nSPS) is 10.4. The van der Waals surface area contributed by atoms with Gasteiger partial charge in [-0.15, -0.1) is 0 Å². The lowest BCUT2D eigenvalue weighted by molar-refractivity contribution is 0.262. The minimum absolute atomic E-state index is 0.135. The van der Waals surface area contributed by atoms with E-state index in [2.05, 4.69) is 31.2 Å². The lowest BCUT2D eigenvalue weighted by atomic mass is 10.2. The number of carbonyl (C=O) groups is 1. The van der Waals surface area contributed by atoms with E-state index < -0.39 is 17.7 Å². The molecule has 4 aromatic rings. The average Bonchev–Trinajstić information content (AvgIpc) is 2.83. The number of benzene rings is 3. The van der Waals surface area contributed by atoms with Gasteiger partial charge in [-0.25, -0.2) is 18.6 Å². The number of rotatable bonds is 7. The molecule has 0 spiro atoms. The molecule has 0 saturated carbocycles. The Morgan fingerprint density at radius 1 is 0.743 bits per heavy atom. The summed E-state index contributed by atoms with van der Waals surface area (Å²) in [6.07, 6.45) is 0. The molecule has 1 aromatic heterocycles. The first-order valence-electron chi connectivity index (χ1n) is 10.5. The van der Waals surface area contributed by atoms with E-state index in [0.717, 1.165) is 29.3 Å². The first-order chi connectivity index (χ1) is 16.9. The number of aromatic nitrogens is 2. The monoisotopic (exact) mass is 476 g/mol. The highest BCUT2D eigenvalue weighted by Gasteiger charge is 2.08. The van der Waals surface area contributed by atoms with Crippen LogP contribution in [-0.2, 0) is 0 Å². The summed E-state index contributed by atoms with van der Waals surface area (Å²) in [6.45, 7) is 1.87. The molecule has 0 unspecified atom stereocenters. The molecule has 10 heteroatoms. The molecule has 4 N–H and O–H groups in total. The van der Waals surface area contributed by atoms with Crippen molar-refractivity contribution < 1.29 is 18.3 Å². The number of nitrogens with one attached hydrogen (secondary N) is 4. The first kappa shape index (κ1) is 23.4. The number of urea groups is 1. The van der Waals surface area contributed by atoms with E-state index >= 15 is 0 Å². The van der Waals surface area contributed by atoms with Gasteiger partial charge in [0.15, 0.2) is 11.6 Å². The van der Waals surface area contributed by atoms with Crippen LogP contribution in [-0.4, -0.2) is 23.1 Å². The zero-order valence-corrected chi connectivity index (χ0v) is 18.9. The summed E-state index contributed by atoms with van der Waals surface area (Å²) < 4.78 is 31.5. The Morgan fingerprint density at radius 2 is 1.34 bits per heavy atom. The van der Waals surface area contributed by atoms with Crippen LogP contribution in [0.25, 0.3) is 0 Å². The van der Waals surface area contributed by atoms with Crippen LogP contribution in [0, 0.1) is 18.6 Å². The molecule has 3 aromatic carbocycles. The van der Waals surface area contributed by atoms with Crippen molar-refractivity contribution >= 4 is 40.5 Å². The fourth-order valence-electron chi connectivity index (χ4n) is 3.14. The molecule has 35 heavy (non-hydrogen) atoms. The van der Waals surface area contributed by atoms with Crippen LogP contribution < -0.4 is 26.0 Å². The molecule has 0 aliphatic rings. The molecule has 1 heterocycles. The number of anilines is 6. The molecular formula is C25H22F2N6O2. The van der Waals surface area contributed by atoms with E-state index in [1.165, 1.54) is 6.07 Å². The SMILES string of the molecule is COc1ccc(Nc2cc(C)nc(Nc3ccc(NC(=O)Nc4ccc(F)c(F)c4)cc3)n2)cc1. The number of aryl methyl sites for hydroxylation is 1. The van der Waals surface area contributed by atoms with Gasteiger partial charge < -0.3 is 26.0 Å². The zero-order valence-electron chi connectivity index (χ0n) is 18.9. The van der Waals surface area contributed by atoms with Gasteiger partial charge in [0.2, 0.25) is 5.95 Å². The van der Waals surface area contributed by atoms with E-state index in [4.69, 9.17) is 4.74 Å². The van der Waals surface area contributed by atoms with Crippen LogP contribution in [0.15, 0.2) is 72.8 Å². The van der Waals surface area contributed by atoms with Crippen molar-refractivity contribution in [1.82, 2.24) is 9.97 Å². The Labute approximate surface area is 200 Å². The Morgan fingerprint density at radius 3 is 2.03 bits per heavy atom. The van der Waals surface area contributed by atoms with Crippen molar-refractivity contribution in [1.29, 1.82) is 0 Å². The predicted molar refractivity (Wildman–Crippen MR) is 132 cm³/mol. The first-order valence-corrected chi connectivity index (χ1v) is 10.5. The van der Waals surface area contributed by atoms with Gasteiger partial charge in [0.25, 0.3) is 0 Å². The maximum absolute atomic E-state index is 13.3. The molecule has 178 valence electrons. The van der Waals surface area contributed by atoms with Gasteiger partial charge in [0.05, 0.1) is 7.11 Å². The van der Waals surface area contributed by atoms with Crippen LogP contribution >= 0.6 is 0 Å². The number of hydrogen-bond donors (Lipinski definition) is 4. The topological polar surface area (TPSA) is 100 Å². The molecule has 2 amide bonds. The van der Waals surface area contributed by atoms with E-state index in [0.29, 0.717) is 23.1 Å². The number of hydrogen-bond acceptors (Lipinski definition) is 6. The molecule has 0 saturated heterocycles. The second-order valence-electron chi connectivity index (χ2n) is 7.48. The highest BCUT2D eigenvalue weighted by Crippen LogP contribution is 2.22. The summed E-state index contributed by atoms with van der Waals surface area (Å²) in [7, 11) is 1.61. The summed E-state index contributed by atoms with van der Waals surface area (Å²) in [6, 6.07) is 18.7. The molecule has 0 radical (unpaired) electrons. The molecule has 0 bridgehead atoms. The van der Waals surface area contributed by atoms with E-state index in [-0.39, 0.29) is 5.69 Å². The standard InChI is InChI=1S/C25H22F2N6O2/c1-15-13-23(29-16-7-10-20(35-2)11-8-16)33-24(28-15)30-17-3-5-18(6-4-17)31-25(34)32-19-9-12-21(26)22(27)14-19/h3-14H,1-2H3,(H2,31,32,34)(H2,28,29,30,33). The number of methoxy groups -OCH3 is 1. The Bertz CT molecular complexity index is 1330. The van der Waals surface area contributed by atoms with Gasteiger partial charge in [0.1, 0.15) is 11.6 Å². The maximum Gasteiger partial charge on any atom is 0.323 e. The van der Waals surface area contributed by atoms with Crippen LogP contribution in [0.2, 0.25) is 0 Å². The van der Waals surface area contributed by atoms with Crippen molar-refractivity contribution in [3.8, 4) is 5.75 Å². The number of amides is 2. The van der Waals surface area contributed by atoms with Crippen LogP contribution in [0.3, 0.4) is 0 Å².